The number of rotatable bonds is 5. The van der Waals surface area contributed by atoms with Gasteiger partial charge in [0.2, 0.25) is 0 Å². The van der Waals surface area contributed by atoms with Gasteiger partial charge in [-0.1, -0.05) is 48.5 Å². The Balaban J connectivity index is 1.56. The molecule has 0 aliphatic rings. The van der Waals surface area contributed by atoms with Crippen molar-refractivity contribution in [1.29, 1.82) is 0 Å². The smallest absolute Gasteiger partial charge is 0.262 e. The van der Waals surface area contributed by atoms with E-state index in [4.69, 9.17) is 9.72 Å². The van der Waals surface area contributed by atoms with Gasteiger partial charge in [0.15, 0.2) is 6.61 Å². The molecular weight excluding hydrogens is 360 g/mol. The van der Waals surface area contributed by atoms with Gasteiger partial charge in [-0.2, -0.15) is 0 Å². The van der Waals surface area contributed by atoms with Gasteiger partial charge < -0.3 is 10.1 Å². The second kappa shape index (κ2) is 8.15. The van der Waals surface area contributed by atoms with Crippen LogP contribution in [-0.2, 0) is 4.79 Å². The molecule has 0 bridgehead atoms. The number of nitrogens with one attached hydrogen (secondary N) is 1. The molecule has 4 heteroatoms. The predicted molar refractivity (Wildman–Crippen MR) is 117 cm³/mol. The fourth-order valence-electron chi connectivity index (χ4n) is 3.18. The highest BCUT2D eigenvalue weighted by atomic mass is 16.5. The summed E-state index contributed by atoms with van der Waals surface area (Å²) in [7, 11) is 0. The molecule has 0 unspecified atom stereocenters. The van der Waals surface area contributed by atoms with Crippen LogP contribution >= 0.6 is 0 Å². The average molecular weight is 382 g/mol. The van der Waals surface area contributed by atoms with Crippen molar-refractivity contribution in [2.45, 2.75) is 13.8 Å². The van der Waals surface area contributed by atoms with E-state index in [-0.39, 0.29) is 12.5 Å². The van der Waals surface area contributed by atoms with Crippen LogP contribution in [-0.4, -0.2) is 17.5 Å². The van der Waals surface area contributed by atoms with E-state index in [0.29, 0.717) is 5.75 Å². The van der Waals surface area contributed by atoms with E-state index in [0.717, 1.165) is 33.4 Å². The van der Waals surface area contributed by atoms with E-state index in [2.05, 4.69) is 5.32 Å². The largest absolute Gasteiger partial charge is 0.483 e. The SMILES string of the molecule is Cc1ccc(NC(=O)COc2cc(-c3ccccc3)nc3ccccc23)cc1C. The van der Waals surface area contributed by atoms with Crippen molar-refractivity contribution >= 4 is 22.5 Å². The molecule has 1 aromatic heterocycles. The van der Waals surface area contributed by atoms with Crippen LogP contribution < -0.4 is 10.1 Å². The van der Waals surface area contributed by atoms with Crippen LogP contribution in [0.4, 0.5) is 5.69 Å². The van der Waals surface area contributed by atoms with E-state index < -0.39 is 0 Å². The van der Waals surface area contributed by atoms with Crippen LogP contribution in [0, 0.1) is 13.8 Å². The van der Waals surface area contributed by atoms with Gasteiger partial charge >= 0.3 is 0 Å². The van der Waals surface area contributed by atoms with Crippen LogP contribution in [0.1, 0.15) is 11.1 Å². The number of aromatic nitrogens is 1. The van der Waals surface area contributed by atoms with E-state index in [1.807, 2.05) is 92.7 Å². The number of hydrogen-bond donors (Lipinski definition) is 1. The molecule has 3 aromatic carbocycles. The summed E-state index contributed by atoms with van der Waals surface area (Å²) >= 11 is 0. The molecule has 29 heavy (non-hydrogen) atoms. The van der Waals surface area contributed by atoms with Gasteiger partial charge in [0.25, 0.3) is 5.91 Å². The van der Waals surface area contributed by atoms with Gasteiger partial charge in [0, 0.05) is 22.7 Å². The minimum Gasteiger partial charge on any atom is -0.483 e. The number of aryl methyl sites for hydroxylation is 2. The van der Waals surface area contributed by atoms with Crippen molar-refractivity contribution in [3.8, 4) is 17.0 Å². The lowest BCUT2D eigenvalue weighted by Gasteiger charge is -2.12. The Kier molecular flexibility index (Phi) is 5.25. The zero-order valence-electron chi connectivity index (χ0n) is 16.5. The first-order valence-electron chi connectivity index (χ1n) is 9.55. The van der Waals surface area contributed by atoms with Crippen LogP contribution in [0.3, 0.4) is 0 Å². The average Bonchev–Trinajstić information content (AvgIpc) is 2.75. The highest BCUT2D eigenvalue weighted by Crippen LogP contribution is 2.30. The van der Waals surface area contributed by atoms with Gasteiger partial charge in [0.05, 0.1) is 11.2 Å². The number of benzene rings is 3. The Labute approximate surface area is 170 Å². The van der Waals surface area contributed by atoms with Crippen LogP contribution in [0.15, 0.2) is 78.9 Å². The maximum Gasteiger partial charge on any atom is 0.262 e. The second-order valence-corrected chi connectivity index (χ2v) is 7.02. The third kappa shape index (κ3) is 4.27. The number of pyridine rings is 1. The first kappa shape index (κ1) is 18.7. The fraction of sp³-hybridized carbons (Fsp3) is 0.120. The number of ether oxygens (including phenoxy) is 1. The van der Waals surface area contributed by atoms with Gasteiger partial charge in [0.1, 0.15) is 5.75 Å². The van der Waals surface area contributed by atoms with Gasteiger partial charge in [-0.05, 0) is 49.2 Å². The van der Waals surface area contributed by atoms with Crippen LogP contribution in [0.5, 0.6) is 5.75 Å². The molecule has 0 atom stereocenters. The summed E-state index contributed by atoms with van der Waals surface area (Å²) in [4.78, 5) is 17.2. The number of fused-ring (bicyclic) bond motifs is 1. The zero-order valence-corrected chi connectivity index (χ0v) is 16.5. The molecular formula is C25H22N2O2. The van der Waals surface area contributed by atoms with Crippen molar-refractivity contribution in [2.24, 2.45) is 0 Å². The summed E-state index contributed by atoms with van der Waals surface area (Å²) in [5.41, 5.74) is 5.74. The number of nitrogens with zero attached hydrogens (tertiary/aromatic N) is 1. The Morgan fingerprint density at radius 1 is 0.897 bits per heavy atom. The standard InChI is InChI=1S/C25H22N2O2/c1-17-12-13-20(14-18(17)2)26-25(28)16-29-24-15-23(19-8-4-3-5-9-19)27-22-11-7-6-10-21(22)24/h3-15H,16H2,1-2H3,(H,26,28). The third-order valence-corrected chi connectivity index (χ3v) is 4.90. The quantitative estimate of drug-likeness (QED) is 0.493. The molecule has 1 amide bonds. The lowest BCUT2D eigenvalue weighted by molar-refractivity contribution is -0.118. The molecule has 4 nitrogen and oxygen atoms in total. The minimum atomic E-state index is -0.199. The second-order valence-electron chi connectivity index (χ2n) is 7.02. The molecule has 1 heterocycles. The van der Waals surface area contributed by atoms with Gasteiger partial charge in [-0.25, -0.2) is 4.98 Å². The summed E-state index contributed by atoms with van der Waals surface area (Å²) in [5, 5.41) is 3.78. The normalized spacial score (nSPS) is 10.7. The maximum absolute atomic E-state index is 12.4. The third-order valence-electron chi connectivity index (χ3n) is 4.90. The van der Waals surface area contributed by atoms with E-state index in [1.165, 1.54) is 5.56 Å². The molecule has 4 rings (SSSR count). The monoisotopic (exact) mass is 382 g/mol. The van der Waals surface area contributed by atoms with Crippen molar-refractivity contribution < 1.29 is 9.53 Å². The molecule has 0 fully saturated rings. The first-order chi connectivity index (χ1) is 14.1. The molecule has 0 aliphatic heterocycles. The maximum atomic E-state index is 12.4. The molecule has 0 saturated heterocycles. The number of carbonyl (C=O) groups is 1. The van der Waals surface area contributed by atoms with Gasteiger partial charge in [-0.15, -0.1) is 0 Å². The summed E-state index contributed by atoms with van der Waals surface area (Å²) in [6.45, 7) is 3.99. The highest BCUT2D eigenvalue weighted by molar-refractivity contribution is 5.93. The molecule has 0 saturated carbocycles. The minimum absolute atomic E-state index is 0.0742. The fourth-order valence-corrected chi connectivity index (χ4v) is 3.18. The lowest BCUT2D eigenvalue weighted by Crippen LogP contribution is -2.20. The molecule has 1 N–H and O–H groups in total. The molecule has 144 valence electrons. The van der Waals surface area contributed by atoms with Crippen molar-refractivity contribution in [3.63, 3.8) is 0 Å². The van der Waals surface area contributed by atoms with Gasteiger partial charge in [-0.3, -0.25) is 4.79 Å². The first-order valence-corrected chi connectivity index (χ1v) is 9.55. The summed E-state index contributed by atoms with van der Waals surface area (Å²) < 4.78 is 5.92. The number of hydrogen-bond acceptors (Lipinski definition) is 3. The van der Waals surface area contributed by atoms with Crippen molar-refractivity contribution in [1.82, 2.24) is 4.98 Å². The Morgan fingerprint density at radius 3 is 2.45 bits per heavy atom. The van der Waals surface area contributed by atoms with E-state index in [1.54, 1.807) is 0 Å². The van der Waals surface area contributed by atoms with Crippen LogP contribution in [0.2, 0.25) is 0 Å². The predicted octanol–water partition coefficient (Wildman–Crippen LogP) is 5.54. The Morgan fingerprint density at radius 2 is 1.66 bits per heavy atom. The molecule has 4 aromatic rings. The topological polar surface area (TPSA) is 51.2 Å². The van der Waals surface area contributed by atoms with E-state index >= 15 is 0 Å². The summed E-state index contributed by atoms with van der Waals surface area (Å²) in [6, 6.07) is 25.5. The summed E-state index contributed by atoms with van der Waals surface area (Å²) in [5.74, 6) is 0.445. The number of anilines is 1. The Hall–Kier alpha value is -3.66. The van der Waals surface area contributed by atoms with Crippen molar-refractivity contribution in [3.05, 3.63) is 90.0 Å². The molecule has 0 aliphatic carbocycles. The van der Waals surface area contributed by atoms with Crippen molar-refractivity contribution in [2.75, 3.05) is 11.9 Å². The molecule has 0 spiro atoms. The van der Waals surface area contributed by atoms with Crippen LogP contribution in [0.25, 0.3) is 22.2 Å². The Bertz CT molecular complexity index is 1170. The van der Waals surface area contributed by atoms with E-state index in [9.17, 15) is 4.79 Å². The highest BCUT2D eigenvalue weighted by Gasteiger charge is 2.11. The molecule has 0 radical (unpaired) electrons. The lowest BCUT2D eigenvalue weighted by atomic mass is 10.1. The number of carbonyl (C=O) groups excluding carboxylic acids is 1. The zero-order chi connectivity index (χ0) is 20.2. The number of amides is 1. The summed E-state index contributed by atoms with van der Waals surface area (Å²) in [6.07, 6.45) is 0. The number of para-hydroxylation sites is 1.